The fourth-order valence-corrected chi connectivity index (χ4v) is 1.96. The van der Waals surface area contributed by atoms with Crippen molar-refractivity contribution in [2.75, 3.05) is 6.61 Å². The molecule has 25 heavy (non-hydrogen) atoms. The van der Waals surface area contributed by atoms with E-state index in [2.05, 4.69) is 6.92 Å². The van der Waals surface area contributed by atoms with Gasteiger partial charge >= 0.3 is 6.18 Å². The maximum Gasteiger partial charge on any atom is 0.430 e. The number of aliphatic carboxylic acids is 1. The Labute approximate surface area is 146 Å². The number of carbonyl (C=O) groups excluding carboxylic acids is 1. The Morgan fingerprint density at radius 3 is 2.08 bits per heavy atom. The summed E-state index contributed by atoms with van der Waals surface area (Å²) in [5, 5.41) is 8.78. The van der Waals surface area contributed by atoms with E-state index in [1.807, 2.05) is 13.0 Å². The molecular weight excluding hydrogens is 340 g/mol. The number of rotatable bonds is 9. The number of carbonyl (C=O) groups is 1. The largest absolute Gasteiger partial charge is 0.542 e. The van der Waals surface area contributed by atoms with Crippen LogP contribution in [-0.2, 0) is 4.79 Å². The predicted octanol–water partition coefficient (Wildman–Crippen LogP) is 4.56. The molecule has 0 amide bonds. The van der Waals surface area contributed by atoms with Gasteiger partial charge in [0.1, 0.15) is 5.97 Å². The molecule has 0 heterocycles. The monoisotopic (exact) mass is 365 g/mol. The number of aryl methyl sites for hydroxylation is 1. The van der Waals surface area contributed by atoms with E-state index in [4.69, 9.17) is 14.6 Å². The van der Waals surface area contributed by atoms with Gasteiger partial charge in [0, 0.05) is 0 Å². The van der Waals surface area contributed by atoms with Gasteiger partial charge in [-0.3, -0.25) is 0 Å². The normalized spacial score (nSPS) is 10.8. The highest BCUT2D eigenvalue weighted by Gasteiger charge is 2.28. The molecule has 1 rings (SSSR count). The van der Waals surface area contributed by atoms with Crippen molar-refractivity contribution < 1.29 is 32.2 Å². The number of carboxylic acid groups (broad SMARTS) is 1. The quantitative estimate of drug-likeness (QED) is 0.476. The van der Waals surface area contributed by atoms with Crippen LogP contribution in [0.25, 0.3) is 0 Å². The van der Waals surface area contributed by atoms with E-state index in [-0.39, 0.29) is 5.82 Å². The molecule has 0 unspecified atom stereocenters. The van der Waals surface area contributed by atoms with E-state index in [0.29, 0.717) is 12.4 Å². The van der Waals surface area contributed by atoms with Gasteiger partial charge in [-0.25, -0.2) is 4.39 Å². The zero-order chi connectivity index (χ0) is 19.3. The zero-order valence-corrected chi connectivity index (χ0v) is 14.6. The Balaban J connectivity index is 0.000000697. The molecule has 0 spiro atoms. The van der Waals surface area contributed by atoms with Crippen LogP contribution in [0.3, 0.4) is 0 Å². The standard InChI is InChI=1S/C16H25FO.C2HF3O2/c1-3-4-5-6-7-8-9-12-18-16-11-10-14(2)13-15(16)17;3-2(4,5)1(6)7/h10-11,13H,3-9,12H2,1-2H3;(H,6,7)/p-1. The summed E-state index contributed by atoms with van der Waals surface area (Å²) in [4.78, 5) is 8.78. The summed E-state index contributed by atoms with van der Waals surface area (Å²) in [6.07, 6.45) is 3.54. The van der Waals surface area contributed by atoms with Crippen LogP contribution < -0.4 is 9.84 Å². The van der Waals surface area contributed by atoms with E-state index in [1.54, 1.807) is 6.07 Å². The topological polar surface area (TPSA) is 49.4 Å². The Bertz CT molecular complexity index is 502. The lowest BCUT2D eigenvalue weighted by Gasteiger charge is -2.07. The number of ether oxygens (including phenoxy) is 1. The van der Waals surface area contributed by atoms with Crippen molar-refractivity contribution in [2.24, 2.45) is 0 Å². The first-order valence-corrected chi connectivity index (χ1v) is 8.35. The Kier molecular flexibility index (Phi) is 11.7. The second-order valence-electron chi connectivity index (χ2n) is 5.69. The molecule has 0 bridgehead atoms. The summed E-state index contributed by atoms with van der Waals surface area (Å²) in [6.45, 7) is 4.72. The first kappa shape index (κ1) is 23.2. The lowest BCUT2D eigenvalue weighted by Crippen LogP contribution is -2.37. The van der Waals surface area contributed by atoms with Gasteiger partial charge < -0.3 is 14.6 Å². The number of alkyl halides is 3. The molecule has 0 aliphatic heterocycles. The average molecular weight is 365 g/mol. The first-order valence-electron chi connectivity index (χ1n) is 8.35. The number of hydrogen-bond acceptors (Lipinski definition) is 3. The maximum absolute atomic E-state index is 13.4. The van der Waals surface area contributed by atoms with E-state index < -0.39 is 12.1 Å². The molecule has 1 aromatic rings. The molecule has 1 aromatic carbocycles. The lowest BCUT2D eigenvalue weighted by atomic mass is 10.1. The molecule has 0 saturated carbocycles. The summed E-state index contributed by atoms with van der Waals surface area (Å²) in [7, 11) is 0. The van der Waals surface area contributed by atoms with Crippen LogP contribution in [0.15, 0.2) is 18.2 Å². The molecule has 0 radical (unpaired) electrons. The van der Waals surface area contributed by atoms with Crippen LogP contribution in [0, 0.1) is 12.7 Å². The molecule has 0 aliphatic carbocycles. The molecule has 0 aromatic heterocycles. The Morgan fingerprint density at radius 2 is 1.60 bits per heavy atom. The number of benzene rings is 1. The van der Waals surface area contributed by atoms with E-state index >= 15 is 0 Å². The van der Waals surface area contributed by atoms with Crippen molar-refractivity contribution in [2.45, 2.75) is 65.0 Å². The minimum Gasteiger partial charge on any atom is -0.542 e. The molecule has 0 N–H and O–H groups in total. The van der Waals surface area contributed by atoms with Gasteiger partial charge in [-0.2, -0.15) is 13.2 Å². The van der Waals surface area contributed by atoms with Crippen molar-refractivity contribution in [1.29, 1.82) is 0 Å². The van der Waals surface area contributed by atoms with Crippen LogP contribution in [0.4, 0.5) is 17.6 Å². The van der Waals surface area contributed by atoms with Crippen molar-refractivity contribution in [1.82, 2.24) is 0 Å². The average Bonchev–Trinajstić information content (AvgIpc) is 2.51. The fraction of sp³-hybridized carbons (Fsp3) is 0.611. The van der Waals surface area contributed by atoms with Gasteiger partial charge in [-0.1, -0.05) is 51.5 Å². The van der Waals surface area contributed by atoms with Crippen molar-refractivity contribution in [3.8, 4) is 5.75 Å². The summed E-state index contributed by atoms with van der Waals surface area (Å²) in [5.41, 5.74) is 0.927. The van der Waals surface area contributed by atoms with Gasteiger partial charge in [-0.15, -0.1) is 0 Å². The predicted molar refractivity (Wildman–Crippen MR) is 85.7 cm³/mol. The first-order chi connectivity index (χ1) is 11.7. The van der Waals surface area contributed by atoms with Gasteiger partial charge in [0.15, 0.2) is 11.6 Å². The van der Waals surface area contributed by atoms with E-state index in [0.717, 1.165) is 12.0 Å². The second-order valence-corrected chi connectivity index (χ2v) is 5.69. The van der Waals surface area contributed by atoms with Crippen LogP contribution in [0.2, 0.25) is 0 Å². The van der Waals surface area contributed by atoms with Crippen molar-refractivity contribution in [3.05, 3.63) is 29.6 Å². The fourth-order valence-electron chi connectivity index (χ4n) is 1.96. The smallest absolute Gasteiger partial charge is 0.430 e. The molecule has 3 nitrogen and oxygen atoms in total. The van der Waals surface area contributed by atoms with Crippen molar-refractivity contribution in [3.63, 3.8) is 0 Å². The van der Waals surface area contributed by atoms with Crippen LogP contribution in [-0.4, -0.2) is 18.8 Å². The minimum atomic E-state index is -5.19. The number of halogens is 4. The van der Waals surface area contributed by atoms with Crippen molar-refractivity contribution >= 4 is 5.97 Å². The lowest BCUT2D eigenvalue weighted by molar-refractivity contribution is -0.344. The molecule has 0 atom stereocenters. The third-order valence-electron chi connectivity index (χ3n) is 3.32. The minimum absolute atomic E-state index is 0.252. The number of hydrogen-bond donors (Lipinski definition) is 0. The molecule has 7 heteroatoms. The third kappa shape index (κ3) is 12.3. The number of carboxylic acids is 1. The highest BCUT2D eigenvalue weighted by molar-refractivity contribution is 5.70. The maximum atomic E-state index is 13.4. The van der Waals surface area contributed by atoms with Gasteiger partial charge in [0.05, 0.1) is 6.61 Å². The third-order valence-corrected chi connectivity index (χ3v) is 3.32. The summed E-state index contributed by atoms with van der Waals surface area (Å²) in [5.74, 6) is -2.88. The van der Waals surface area contributed by atoms with Gasteiger partial charge in [0.25, 0.3) is 0 Å². The van der Waals surface area contributed by atoms with Crippen LogP contribution in [0.5, 0.6) is 5.75 Å². The van der Waals surface area contributed by atoms with Crippen LogP contribution >= 0.6 is 0 Å². The van der Waals surface area contributed by atoms with E-state index in [1.165, 1.54) is 44.6 Å². The Hall–Kier alpha value is -1.79. The Morgan fingerprint density at radius 1 is 1.08 bits per heavy atom. The molecule has 144 valence electrons. The zero-order valence-electron chi connectivity index (χ0n) is 14.6. The summed E-state index contributed by atoms with van der Waals surface area (Å²) in [6, 6.07) is 5.11. The van der Waals surface area contributed by atoms with Gasteiger partial charge in [-0.05, 0) is 31.0 Å². The molecular formula is C18H25F4O3-. The highest BCUT2D eigenvalue weighted by atomic mass is 19.4. The second kappa shape index (κ2) is 12.6. The summed E-state index contributed by atoms with van der Waals surface area (Å²) >= 11 is 0. The molecule has 0 fully saturated rings. The van der Waals surface area contributed by atoms with Crippen LogP contribution in [0.1, 0.15) is 57.4 Å². The SMILES string of the molecule is CCCCCCCCCOc1ccc(C)cc1F.O=C([O-])C(F)(F)F. The van der Waals surface area contributed by atoms with Gasteiger partial charge in [0.2, 0.25) is 0 Å². The summed E-state index contributed by atoms with van der Waals surface area (Å²) < 4.78 is 50.4. The number of unbranched alkanes of at least 4 members (excludes halogenated alkanes) is 6. The molecule has 0 aliphatic rings. The highest BCUT2D eigenvalue weighted by Crippen LogP contribution is 2.18. The van der Waals surface area contributed by atoms with E-state index in [9.17, 15) is 17.6 Å². The molecule has 0 saturated heterocycles.